The van der Waals surface area contributed by atoms with Crippen molar-refractivity contribution in [1.29, 1.82) is 0 Å². The number of para-hydroxylation sites is 1. The topological polar surface area (TPSA) is 13.1 Å². The minimum Gasteiger partial charge on any atom is -0.455 e. The Morgan fingerprint density at radius 2 is 0.765 bits per heavy atom. The summed E-state index contributed by atoms with van der Waals surface area (Å²) < 4.78 is 6.49. The van der Waals surface area contributed by atoms with Crippen molar-refractivity contribution in [2.45, 2.75) is 0 Å². The minimum atomic E-state index is 0.915. The van der Waals surface area contributed by atoms with Gasteiger partial charge in [-0.1, -0.05) is 164 Å². The average molecular weight is 647 g/mol. The molecule has 0 amide bonds. The SMILES string of the molecule is c1ccc2c(-c3c4ccccc4c(-c4cccc5ccccc45)c4cc(-c5cc6c7ccccc7oc6c6ccccc56)ccc34)cccc2c1. The Balaban J connectivity index is 1.32. The number of benzene rings is 10. The normalized spacial score (nSPS) is 11.9. The Kier molecular flexibility index (Phi) is 6.02. The number of hydrogen-bond acceptors (Lipinski definition) is 1. The van der Waals surface area contributed by atoms with Crippen molar-refractivity contribution in [1.82, 2.24) is 0 Å². The van der Waals surface area contributed by atoms with Gasteiger partial charge in [0.25, 0.3) is 0 Å². The second-order valence-corrected chi connectivity index (χ2v) is 13.6. The molecule has 51 heavy (non-hydrogen) atoms. The van der Waals surface area contributed by atoms with Crippen molar-refractivity contribution in [2.75, 3.05) is 0 Å². The Labute approximate surface area is 294 Å². The van der Waals surface area contributed by atoms with Gasteiger partial charge in [0.1, 0.15) is 11.2 Å². The molecule has 1 nitrogen and oxygen atoms in total. The zero-order valence-corrected chi connectivity index (χ0v) is 27.7. The average Bonchev–Trinajstić information content (AvgIpc) is 3.58. The van der Waals surface area contributed by atoms with Crippen molar-refractivity contribution in [2.24, 2.45) is 0 Å². The van der Waals surface area contributed by atoms with E-state index in [2.05, 4.69) is 176 Å². The number of furan rings is 1. The molecule has 0 aliphatic rings. The highest BCUT2D eigenvalue weighted by molar-refractivity contribution is 6.26. The van der Waals surface area contributed by atoms with E-state index in [1.165, 1.54) is 81.9 Å². The lowest BCUT2D eigenvalue weighted by molar-refractivity contribution is 0.672. The van der Waals surface area contributed by atoms with Gasteiger partial charge in [0.05, 0.1) is 0 Å². The smallest absolute Gasteiger partial charge is 0.143 e. The summed E-state index contributed by atoms with van der Waals surface area (Å²) in [6, 6.07) is 66.5. The summed E-state index contributed by atoms with van der Waals surface area (Å²) in [7, 11) is 0. The molecule has 1 heteroatoms. The molecule has 0 saturated heterocycles. The summed E-state index contributed by atoms with van der Waals surface area (Å²) in [5.74, 6) is 0. The first-order valence-corrected chi connectivity index (χ1v) is 17.6. The molecule has 0 saturated carbocycles. The molecule has 0 N–H and O–H groups in total. The molecular formula is C50H30O. The molecule has 1 aromatic heterocycles. The van der Waals surface area contributed by atoms with Crippen molar-refractivity contribution in [3.05, 3.63) is 182 Å². The predicted octanol–water partition coefficient (Wildman–Crippen LogP) is 14.4. The highest BCUT2D eigenvalue weighted by Gasteiger charge is 2.21. The van der Waals surface area contributed by atoms with Crippen molar-refractivity contribution < 1.29 is 4.42 Å². The third-order valence-electron chi connectivity index (χ3n) is 10.8. The van der Waals surface area contributed by atoms with Gasteiger partial charge < -0.3 is 4.42 Å². The minimum absolute atomic E-state index is 0.915. The van der Waals surface area contributed by atoms with Crippen LogP contribution in [0, 0.1) is 0 Å². The summed E-state index contributed by atoms with van der Waals surface area (Å²) in [6.07, 6.45) is 0. The van der Waals surface area contributed by atoms with Gasteiger partial charge in [-0.3, -0.25) is 0 Å². The summed E-state index contributed by atoms with van der Waals surface area (Å²) in [5.41, 5.74) is 9.29. The van der Waals surface area contributed by atoms with E-state index in [0.29, 0.717) is 0 Å². The first-order chi connectivity index (χ1) is 25.3. The van der Waals surface area contributed by atoms with Crippen LogP contribution in [0.3, 0.4) is 0 Å². The van der Waals surface area contributed by atoms with Crippen molar-refractivity contribution in [3.63, 3.8) is 0 Å². The maximum absolute atomic E-state index is 6.49. The van der Waals surface area contributed by atoms with Crippen LogP contribution in [0.5, 0.6) is 0 Å². The van der Waals surface area contributed by atoms with Crippen LogP contribution in [0.1, 0.15) is 0 Å². The van der Waals surface area contributed by atoms with Crippen LogP contribution >= 0.6 is 0 Å². The molecule has 10 aromatic carbocycles. The standard InChI is InChI=1S/C50H30O/c1-3-17-34-31(13-1)15-11-24-38(34)48-40-21-6-7-22-41(40)49(39-25-12-16-32-14-2-4-18-35(32)39)45-29-33(27-28-42(45)48)44-30-46-37-20-9-10-26-47(37)51-50(46)43-23-8-5-19-36(43)44/h1-30H. The molecule has 0 radical (unpaired) electrons. The lowest BCUT2D eigenvalue weighted by Crippen LogP contribution is -1.93. The lowest BCUT2D eigenvalue weighted by atomic mass is 9.82. The fraction of sp³-hybridized carbons (Fsp3) is 0. The maximum Gasteiger partial charge on any atom is 0.143 e. The van der Waals surface area contributed by atoms with Crippen LogP contribution in [0.15, 0.2) is 186 Å². The molecule has 0 aliphatic heterocycles. The van der Waals surface area contributed by atoms with Gasteiger partial charge in [-0.05, 0) is 100 Å². The molecule has 0 bridgehead atoms. The fourth-order valence-electron chi connectivity index (χ4n) is 8.60. The van der Waals surface area contributed by atoms with Crippen LogP contribution in [-0.4, -0.2) is 0 Å². The molecule has 11 aromatic rings. The third-order valence-corrected chi connectivity index (χ3v) is 10.8. The van der Waals surface area contributed by atoms with Crippen molar-refractivity contribution in [3.8, 4) is 33.4 Å². The van der Waals surface area contributed by atoms with Crippen molar-refractivity contribution >= 4 is 75.8 Å². The molecule has 1 heterocycles. The van der Waals surface area contributed by atoms with E-state index in [4.69, 9.17) is 4.42 Å². The lowest BCUT2D eigenvalue weighted by Gasteiger charge is -2.20. The Bertz CT molecular complexity index is 3190. The zero-order valence-electron chi connectivity index (χ0n) is 27.7. The van der Waals surface area contributed by atoms with Crippen LogP contribution in [-0.2, 0) is 0 Å². The summed E-state index contributed by atoms with van der Waals surface area (Å²) >= 11 is 0. The summed E-state index contributed by atoms with van der Waals surface area (Å²) in [5, 5.41) is 14.6. The van der Waals surface area contributed by atoms with Crippen LogP contribution in [0.25, 0.3) is 109 Å². The summed E-state index contributed by atoms with van der Waals surface area (Å²) in [6.45, 7) is 0. The largest absolute Gasteiger partial charge is 0.455 e. The van der Waals surface area contributed by atoms with E-state index < -0.39 is 0 Å². The highest BCUT2D eigenvalue weighted by atomic mass is 16.3. The molecule has 0 fully saturated rings. The van der Waals surface area contributed by atoms with Gasteiger partial charge >= 0.3 is 0 Å². The van der Waals surface area contributed by atoms with Gasteiger partial charge in [-0.2, -0.15) is 0 Å². The van der Waals surface area contributed by atoms with Gasteiger partial charge in [-0.25, -0.2) is 0 Å². The first kappa shape index (κ1) is 28.2. The molecule has 0 atom stereocenters. The first-order valence-electron chi connectivity index (χ1n) is 17.6. The van der Waals surface area contributed by atoms with Crippen LogP contribution < -0.4 is 0 Å². The van der Waals surface area contributed by atoms with E-state index in [1.54, 1.807) is 0 Å². The third kappa shape index (κ3) is 4.16. The van der Waals surface area contributed by atoms with Gasteiger partial charge in [-0.15, -0.1) is 0 Å². The summed E-state index contributed by atoms with van der Waals surface area (Å²) in [4.78, 5) is 0. The second-order valence-electron chi connectivity index (χ2n) is 13.6. The molecule has 0 spiro atoms. The molecule has 11 rings (SSSR count). The molecular weight excluding hydrogens is 617 g/mol. The van der Waals surface area contributed by atoms with Crippen LogP contribution in [0.2, 0.25) is 0 Å². The van der Waals surface area contributed by atoms with E-state index >= 15 is 0 Å². The highest BCUT2D eigenvalue weighted by Crippen LogP contribution is 2.48. The number of hydrogen-bond donors (Lipinski definition) is 0. The molecule has 0 aliphatic carbocycles. The Morgan fingerprint density at radius 3 is 1.43 bits per heavy atom. The number of fused-ring (bicyclic) bond motifs is 9. The van der Waals surface area contributed by atoms with E-state index in [1.807, 2.05) is 6.07 Å². The van der Waals surface area contributed by atoms with Crippen LogP contribution in [0.4, 0.5) is 0 Å². The Morgan fingerprint density at radius 1 is 0.275 bits per heavy atom. The molecule has 0 unspecified atom stereocenters. The Hall–Kier alpha value is -6.70. The fourth-order valence-corrected chi connectivity index (χ4v) is 8.60. The predicted molar refractivity (Wildman–Crippen MR) is 218 cm³/mol. The van der Waals surface area contributed by atoms with E-state index in [-0.39, 0.29) is 0 Å². The number of rotatable bonds is 3. The van der Waals surface area contributed by atoms with Gasteiger partial charge in [0.2, 0.25) is 0 Å². The monoisotopic (exact) mass is 646 g/mol. The van der Waals surface area contributed by atoms with E-state index in [9.17, 15) is 0 Å². The van der Waals surface area contributed by atoms with E-state index in [0.717, 1.165) is 27.3 Å². The molecule has 236 valence electrons. The second kappa shape index (κ2) is 10.9. The van der Waals surface area contributed by atoms with Gasteiger partial charge in [0.15, 0.2) is 0 Å². The van der Waals surface area contributed by atoms with Gasteiger partial charge in [0, 0.05) is 16.2 Å². The quantitative estimate of drug-likeness (QED) is 0.174. The maximum atomic E-state index is 6.49. The zero-order chi connectivity index (χ0) is 33.5.